The van der Waals surface area contributed by atoms with Gasteiger partial charge >= 0.3 is 5.97 Å². The largest absolute Gasteiger partial charge is 0.476 e. The third kappa shape index (κ3) is 5.28. The molecular weight excluding hydrogens is 326 g/mol. The first-order valence-corrected chi connectivity index (χ1v) is 8.70. The lowest BCUT2D eigenvalue weighted by molar-refractivity contribution is -0.134. The third-order valence-electron chi connectivity index (χ3n) is 3.68. The second-order valence-electron chi connectivity index (χ2n) is 5.66. The highest BCUT2D eigenvalue weighted by molar-refractivity contribution is 5.88. The number of carboxylic acids is 1. The molecule has 0 spiro atoms. The molecule has 140 valence electrons. The van der Waals surface area contributed by atoms with Crippen molar-refractivity contribution in [1.82, 2.24) is 10.2 Å². The molecule has 2 rings (SSSR count). The fourth-order valence-electron chi connectivity index (χ4n) is 2.40. The Morgan fingerprint density at radius 2 is 1.85 bits per heavy atom. The maximum Gasteiger partial charge on any atom is 0.355 e. The van der Waals surface area contributed by atoms with Gasteiger partial charge in [0.05, 0.1) is 5.70 Å². The minimum absolute atomic E-state index is 0.172. The number of aliphatic carboxylic acids is 1. The molecule has 2 N–H and O–H groups in total. The summed E-state index contributed by atoms with van der Waals surface area (Å²) in [6.07, 6.45) is 7.03. The van der Waals surface area contributed by atoms with Crippen LogP contribution in [0.25, 0.3) is 0 Å². The number of anilines is 1. The van der Waals surface area contributed by atoms with E-state index in [-0.39, 0.29) is 5.70 Å². The Bertz CT molecular complexity index is 713. The van der Waals surface area contributed by atoms with Crippen molar-refractivity contribution in [3.63, 3.8) is 0 Å². The summed E-state index contributed by atoms with van der Waals surface area (Å²) in [5.74, 6) is -0.996. The van der Waals surface area contributed by atoms with Crippen LogP contribution in [-0.4, -0.2) is 30.1 Å². The molecule has 0 unspecified atom stereocenters. The number of hydrogen-bond donors (Lipinski definition) is 2. The standard InChI is InChI=1S/C19H23N3O2.C2H6/c1-5-12-22-14(2)6-11-17(18(22)19(23)24)20-13-15-7-9-16(10-8-15)21(3)4;1-2/h5-12,20H,2,13H2,1,3-4H3,(H,23,24);1-2H3/b12-5-;. The summed E-state index contributed by atoms with van der Waals surface area (Å²) < 4.78 is 0. The Labute approximate surface area is 156 Å². The molecule has 1 aromatic rings. The van der Waals surface area contributed by atoms with E-state index >= 15 is 0 Å². The second kappa shape index (κ2) is 10.1. The van der Waals surface area contributed by atoms with Gasteiger partial charge in [-0.2, -0.15) is 0 Å². The SMILES string of the molecule is C=C1C=CC(NCc2ccc(N(C)C)cc2)=C(C(=O)O)N1/C=C\C.CC. The zero-order valence-corrected chi connectivity index (χ0v) is 16.3. The van der Waals surface area contributed by atoms with Gasteiger partial charge in [0, 0.05) is 38.2 Å². The van der Waals surface area contributed by atoms with Crippen LogP contribution in [0.1, 0.15) is 26.3 Å². The first kappa shape index (κ1) is 21.1. The number of nitrogens with one attached hydrogen (secondary N) is 1. The van der Waals surface area contributed by atoms with Crippen molar-refractivity contribution in [3.8, 4) is 0 Å². The summed E-state index contributed by atoms with van der Waals surface area (Å²) in [6, 6.07) is 8.12. The van der Waals surface area contributed by atoms with E-state index < -0.39 is 5.97 Å². The predicted molar refractivity (Wildman–Crippen MR) is 109 cm³/mol. The lowest BCUT2D eigenvalue weighted by atomic mass is 10.1. The zero-order chi connectivity index (χ0) is 19.7. The molecule has 0 aromatic heterocycles. The number of benzene rings is 1. The van der Waals surface area contributed by atoms with Crippen molar-refractivity contribution in [3.05, 3.63) is 77.9 Å². The van der Waals surface area contributed by atoms with E-state index in [0.29, 0.717) is 17.9 Å². The van der Waals surface area contributed by atoms with Gasteiger partial charge in [-0.1, -0.05) is 38.6 Å². The summed E-state index contributed by atoms with van der Waals surface area (Å²) >= 11 is 0. The number of allylic oxidation sites excluding steroid dienone is 3. The van der Waals surface area contributed by atoms with Crippen molar-refractivity contribution in [2.24, 2.45) is 0 Å². The van der Waals surface area contributed by atoms with Gasteiger partial charge in [-0.3, -0.25) is 0 Å². The molecule has 0 amide bonds. The molecular formula is C21H29N3O2. The molecule has 1 heterocycles. The van der Waals surface area contributed by atoms with E-state index in [9.17, 15) is 9.90 Å². The minimum atomic E-state index is -0.996. The van der Waals surface area contributed by atoms with Crippen LogP contribution in [0.4, 0.5) is 5.69 Å². The van der Waals surface area contributed by atoms with Crippen LogP contribution in [0, 0.1) is 0 Å². The highest BCUT2D eigenvalue weighted by atomic mass is 16.4. The highest BCUT2D eigenvalue weighted by Crippen LogP contribution is 2.23. The number of carboxylic acid groups (broad SMARTS) is 1. The second-order valence-corrected chi connectivity index (χ2v) is 5.66. The zero-order valence-electron chi connectivity index (χ0n) is 16.3. The topological polar surface area (TPSA) is 55.8 Å². The van der Waals surface area contributed by atoms with E-state index in [4.69, 9.17) is 0 Å². The van der Waals surface area contributed by atoms with Crippen LogP contribution in [-0.2, 0) is 11.3 Å². The van der Waals surface area contributed by atoms with E-state index in [1.807, 2.05) is 64.0 Å². The van der Waals surface area contributed by atoms with E-state index in [0.717, 1.165) is 11.3 Å². The normalized spacial score (nSPS) is 13.6. The van der Waals surface area contributed by atoms with Crippen LogP contribution in [0.5, 0.6) is 0 Å². The van der Waals surface area contributed by atoms with Crippen LogP contribution in [0.15, 0.2) is 72.4 Å². The predicted octanol–water partition coefficient (Wildman–Crippen LogP) is 4.08. The van der Waals surface area contributed by atoms with Crippen LogP contribution in [0.3, 0.4) is 0 Å². The fourth-order valence-corrected chi connectivity index (χ4v) is 2.40. The molecule has 26 heavy (non-hydrogen) atoms. The molecule has 0 radical (unpaired) electrons. The van der Waals surface area contributed by atoms with Crippen LogP contribution >= 0.6 is 0 Å². The summed E-state index contributed by atoms with van der Waals surface area (Å²) in [7, 11) is 3.99. The monoisotopic (exact) mass is 355 g/mol. The molecule has 0 fully saturated rings. The van der Waals surface area contributed by atoms with Gasteiger partial charge < -0.3 is 20.2 Å². The first-order chi connectivity index (χ1) is 12.4. The molecule has 5 nitrogen and oxygen atoms in total. The van der Waals surface area contributed by atoms with Gasteiger partial charge in [-0.25, -0.2) is 4.79 Å². The van der Waals surface area contributed by atoms with E-state index in [1.165, 1.54) is 0 Å². The molecule has 0 aliphatic carbocycles. The van der Waals surface area contributed by atoms with Gasteiger partial charge in [0.2, 0.25) is 0 Å². The molecule has 0 saturated heterocycles. The van der Waals surface area contributed by atoms with Gasteiger partial charge in [0.1, 0.15) is 0 Å². The lowest BCUT2D eigenvalue weighted by Crippen LogP contribution is -2.29. The maximum atomic E-state index is 11.7. The van der Waals surface area contributed by atoms with Gasteiger partial charge in [-0.05, 0) is 36.8 Å². The lowest BCUT2D eigenvalue weighted by Gasteiger charge is -2.27. The average Bonchev–Trinajstić information content (AvgIpc) is 2.64. The van der Waals surface area contributed by atoms with Crippen LogP contribution < -0.4 is 10.2 Å². The smallest absolute Gasteiger partial charge is 0.355 e. The molecule has 0 saturated carbocycles. The minimum Gasteiger partial charge on any atom is -0.476 e. The summed E-state index contributed by atoms with van der Waals surface area (Å²) in [5, 5.41) is 12.8. The summed E-state index contributed by atoms with van der Waals surface area (Å²) in [4.78, 5) is 15.3. The molecule has 5 heteroatoms. The van der Waals surface area contributed by atoms with Gasteiger partial charge in [0.25, 0.3) is 0 Å². The Morgan fingerprint density at radius 1 is 1.23 bits per heavy atom. The van der Waals surface area contributed by atoms with Crippen LogP contribution in [0.2, 0.25) is 0 Å². The number of hydrogen-bond acceptors (Lipinski definition) is 4. The Kier molecular flexibility index (Phi) is 8.22. The molecule has 1 aliphatic heterocycles. The maximum absolute atomic E-state index is 11.7. The molecule has 1 aromatic carbocycles. The van der Waals surface area contributed by atoms with Crippen molar-refractivity contribution in [1.29, 1.82) is 0 Å². The molecule has 0 bridgehead atoms. The first-order valence-electron chi connectivity index (χ1n) is 8.70. The average molecular weight is 355 g/mol. The van der Waals surface area contributed by atoms with Crippen molar-refractivity contribution < 1.29 is 9.90 Å². The highest BCUT2D eigenvalue weighted by Gasteiger charge is 2.23. The number of nitrogens with zero attached hydrogens (tertiary/aromatic N) is 2. The van der Waals surface area contributed by atoms with Gasteiger partial charge in [0.15, 0.2) is 5.70 Å². The van der Waals surface area contributed by atoms with Gasteiger partial charge in [-0.15, -0.1) is 0 Å². The summed E-state index contributed by atoms with van der Waals surface area (Å²) in [6.45, 7) is 10.3. The Morgan fingerprint density at radius 3 is 2.35 bits per heavy atom. The molecule has 1 aliphatic rings. The van der Waals surface area contributed by atoms with Crippen molar-refractivity contribution in [2.75, 3.05) is 19.0 Å². The Hall–Kier alpha value is -2.95. The third-order valence-corrected chi connectivity index (χ3v) is 3.68. The Balaban J connectivity index is 0.00000163. The van der Waals surface area contributed by atoms with Crippen molar-refractivity contribution in [2.45, 2.75) is 27.3 Å². The number of carbonyl (C=O) groups is 1. The quantitative estimate of drug-likeness (QED) is 0.805. The fraction of sp³-hybridized carbons (Fsp3) is 0.286. The molecule has 0 atom stereocenters. The van der Waals surface area contributed by atoms with E-state index in [2.05, 4.69) is 11.9 Å². The number of rotatable bonds is 6. The van der Waals surface area contributed by atoms with E-state index in [1.54, 1.807) is 29.3 Å². The van der Waals surface area contributed by atoms with Crippen molar-refractivity contribution >= 4 is 11.7 Å². The summed E-state index contributed by atoms with van der Waals surface area (Å²) in [5.41, 5.74) is 3.55.